The standard InChI is InChI=1S/C10H18/c1-4-7-8-9-10(5-2)6-3/h8-10H,1-2,4-7H2,3H3/b9-8+. The van der Waals surface area contributed by atoms with Gasteiger partial charge in [0.2, 0.25) is 0 Å². The molecule has 0 heteroatoms. The molecule has 0 spiro atoms. The van der Waals surface area contributed by atoms with Gasteiger partial charge in [0.05, 0.1) is 0 Å². The van der Waals surface area contributed by atoms with Crippen molar-refractivity contribution in [2.75, 3.05) is 0 Å². The second kappa shape index (κ2) is 6.85. The molecule has 0 rings (SSSR count). The van der Waals surface area contributed by atoms with Gasteiger partial charge in [-0.15, -0.1) is 0 Å². The quantitative estimate of drug-likeness (QED) is 0.511. The van der Waals surface area contributed by atoms with Gasteiger partial charge in [0.25, 0.3) is 0 Å². The molecule has 10 heavy (non-hydrogen) atoms. The van der Waals surface area contributed by atoms with Crippen molar-refractivity contribution in [3.8, 4) is 0 Å². The summed E-state index contributed by atoms with van der Waals surface area (Å²) in [7, 11) is 0. The SMILES string of the molecule is [CH2]CC/C=C/C(C[CH2])CC. The van der Waals surface area contributed by atoms with Crippen LogP contribution in [0.1, 0.15) is 32.6 Å². The molecule has 0 aliphatic rings. The lowest BCUT2D eigenvalue weighted by atomic mass is 10.0. The lowest BCUT2D eigenvalue weighted by molar-refractivity contribution is 0.634. The smallest absolute Gasteiger partial charge is 0.0236 e. The van der Waals surface area contributed by atoms with Gasteiger partial charge in [-0.05, 0) is 31.6 Å². The lowest BCUT2D eigenvalue weighted by Crippen LogP contribution is -1.89. The molecule has 0 aromatic carbocycles. The first-order valence-corrected chi connectivity index (χ1v) is 4.10. The molecular formula is C10H18. The van der Waals surface area contributed by atoms with Crippen molar-refractivity contribution in [1.29, 1.82) is 0 Å². The predicted octanol–water partition coefficient (Wildman–Crippen LogP) is 3.41. The van der Waals surface area contributed by atoms with Gasteiger partial charge in [-0.2, -0.15) is 0 Å². The van der Waals surface area contributed by atoms with Crippen molar-refractivity contribution in [3.63, 3.8) is 0 Å². The first-order chi connectivity index (χ1) is 4.85. The second-order valence-electron chi connectivity index (χ2n) is 2.53. The summed E-state index contributed by atoms with van der Waals surface area (Å²) in [6, 6.07) is 0. The molecule has 1 unspecified atom stereocenters. The third kappa shape index (κ3) is 4.60. The van der Waals surface area contributed by atoms with Crippen LogP contribution < -0.4 is 0 Å². The Kier molecular flexibility index (Phi) is 6.68. The van der Waals surface area contributed by atoms with Crippen molar-refractivity contribution in [1.82, 2.24) is 0 Å². The Bertz CT molecular complexity index is 78.0. The molecule has 0 aliphatic heterocycles. The molecule has 0 saturated heterocycles. The molecule has 58 valence electrons. The van der Waals surface area contributed by atoms with E-state index in [4.69, 9.17) is 0 Å². The Balaban J connectivity index is 3.40. The second-order valence-corrected chi connectivity index (χ2v) is 2.53. The van der Waals surface area contributed by atoms with E-state index in [1.54, 1.807) is 0 Å². The van der Waals surface area contributed by atoms with E-state index >= 15 is 0 Å². The summed E-state index contributed by atoms with van der Waals surface area (Å²) in [5.41, 5.74) is 0. The largest absolute Gasteiger partial charge is 0.0883 e. The zero-order valence-electron chi connectivity index (χ0n) is 6.97. The van der Waals surface area contributed by atoms with Gasteiger partial charge in [0.1, 0.15) is 0 Å². The first kappa shape index (κ1) is 9.74. The van der Waals surface area contributed by atoms with Crippen molar-refractivity contribution in [3.05, 3.63) is 26.0 Å². The zero-order chi connectivity index (χ0) is 7.82. The highest BCUT2D eigenvalue weighted by Crippen LogP contribution is 2.08. The summed E-state index contributed by atoms with van der Waals surface area (Å²) < 4.78 is 0. The van der Waals surface area contributed by atoms with Crippen molar-refractivity contribution in [2.24, 2.45) is 5.92 Å². The molecule has 0 heterocycles. The third-order valence-electron chi connectivity index (χ3n) is 1.67. The number of hydrogen-bond acceptors (Lipinski definition) is 0. The Morgan fingerprint density at radius 1 is 1.40 bits per heavy atom. The van der Waals surface area contributed by atoms with Crippen molar-refractivity contribution >= 4 is 0 Å². The van der Waals surface area contributed by atoms with Crippen LogP contribution in [0.3, 0.4) is 0 Å². The van der Waals surface area contributed by atoms with Gasteiger partial charge in [-0.1, -0.05) is 32.9 Å². The molecule has 1 atom stereocenters. The van der Waals surface area contributed by atoms with Crippen LogP contribution in [0.2, 0.25) is 0 Å². The van der Waals surface area contributed by atoms with Crippen LogP contribution >= 0.6 is 0 Å². The molecule has 0 nitrogen and oxygen atoms in total. The Hall–Kier alpha value is -0.260. The minimum absolute atomic E-state index is 0.687. The topological polar surface area (TPSA) is 0 Å². The van der Waals surface area contributed by atoms with E-state index in [-0.39, 0.29) is 0 Å². The summed E-state index contributed by atoms with van der Waals surface area (Å²) >= 11 is 0. The van der Waals surface area contributed by atoms with Gasteiger partial charge in [0.15, 0.2) is 0 Å². The van der Waals surface area contributed by atoms with Crippen molar-refractivity contribution in [2.45, 2.75) is 32.6 Å². The minimum Gasteiger partial charge on any atom is -0.0883 e. The van der Waals surface area contributed by atoms with Crippen LogP contribution in [-0.2, 0) is 0 Å². The molecule has 0 aromatic rings. The van der Waals surface area contributed by atoms with Crippen LogP contribution in [0.15, 0.2) is 12.2 Å². The molecule has 0 saturated carbocycles. The molecular weight excluding hydrogens is 120 g/mol. The molecule has 0 N–H and O–H groups in total. The predicted molar refractivity (Wildman–Crippen MR) is 47.5 cm³/mol. The number of rotatable bonds is 5. The summed E-state index contributed by atoms with van der Waals surface area (Å²) in [6.07, 6.45) is 8.81. The molecule has 0 aliphatic carbocycles. The van der Waals surface area contributed by atoms with Gasteiger partial charge in [-0.3, -0.25) is 0 Å². The number of hydrogen-bond donors (Lipinski definition) is 0. The van der Waals surface area contributed by atoms with Gasteiger partial charge in [-0.25, -0.2) is 0 Å². The maximum Gasteiger partial charge on any atom is -0.0236 e. The normalized spacial score (nSPS) is 11.6. The first-order valence-electron chi connectivity index (χ1n) is 4.10. The van der Waals surface area contributed by atoms with Crippen LogP contribution in [0.5, 0.6) is 0 Å². The Morgan fingerprint density at radius 3 is 2.50 bits per heavy atom. The maximum atomic E-state index is 3.87. The summed E-state index contributed by atoms with van der Waals surface area (Å²) in [5.74, 6) is 0.687. The van der Waals surface area contributed by atoms with E-state index in [9.17, 15) is 0 Å². The van der Waals surface area contributed by atoms with E-state index in [0.717, 1.165) is 19.3 Å². The zero-order valence-corrected chi connectivity index (χ0v) is 6.97. The average molecular weight is 138 g/mol. The average Bonchev–Trinajstić information content (AvgIpc) is 1.99. The minimum atomic E-state index is 0.687. The van der Waals surface area contributed by atoms with Gasteiger partial charge >= 0.3 is 0 Å². The van der Waals surface area contributed by atoms with Crippen LogP contribution in [0.4, 0.5) is 0 Å². The monoisotopic (exact) mass is 138 g/mol. The fourth-order valence-electron chi connectivity index (χ4n) is 0.843. The molecule has 2 radical (unpaired) electrons. The van der Waals surface area contributed by atoms with Gasteiger partial charge in [0, 0.05) is 0 Å². The van der Waals surface area contributed by atoms with Crippen LogP contribution in [0.25, 0.3) is 0 Å². The Labute approximate surface area is 65.3 Å². The lowest BCUT2D eigenvalue weighted by Gasteiger charge is -2.03. The van der Waals surface area contributed by atoms with Crippen LogP contribution in [0, 0.1) is 19.8 Å². The Morgan fingerprint density at radius 2 is 2.10 bits per heavy atom. The summed E-state index contributed by atoms with van der Waals surface area (Å²) in [4.78, 5) is 0. The molecule has 0 amide bonds. The molecule has 0 aromatic heterocycles. The fraction of sp³-hybridized carbons (Fsp3) is 0.600. The number of unbranched alkanes of at least 4 members (excludes halogenated alkanes) is 1. The van der Waals surface area contributed by atoms with E-state index in [1.807, 2.05) is 0 Å². The van der Waals surface area contributed by atoms with E-state index < -0.39 is 0 Å². The van der Waals surface area contributed by atoms with E-state index in [1.165, 1.54) is 6.42 Å². The maximum absolute atomic E-state index is 3.87. The summed E-state index contributed by atoms with van der Waals surface area (Å²) in [6.45, 7) is 9.83. The van der Waals surface area contributed by atoms with Gasteiger partial charge < -0.3 is 0 Å². The highest BCUT2D eigenvalue weighted by molar-refractivity contribution is 4.88. The van der Waals surface area contributed by atoms with Crippen LogP contribution in [-0.4, -0.2) is 0 Å². The molecule has 0 fully saturated rings. The van der Waals surface area contributed by atoms with Crippen molar-refractivity contribution < 1.29 is 0 Å². The fourth-order valence-corrected chi connectivity index (χ4v) is 0.843. The van der Waals surface area contributed by atoms with E-state index in [0.29, 0.717) is 5.92 Å². The highest BCUT2D eigenvalue weighted by atomic mass is 14.0. The summed E-state index contributed by atoms with van der Waals surface area (Å²) in [5, 5.41) is 0. The third-order valence-corrected chi connectivity index (χ3v) is 1.67. The molecule has 0 bridgehead atoms. The number of allylic oxidation sites excluding steroid dienone is 2. The highest BCUT2D eigenvalue weighted by Gasteiger charge is 1.94. The van der Waals surface area contributed by atoms with E-state index in [2.05, 4.69) is 32.9 Å².